The SMILES string of the molecule is C[C@@H]1CN(C(=O)CN(C)Cc2nc3c(s2)CCCC3)C[C@@H](C)O1. The highest BCUT2D eigenvalue weighted by atomic mass is 32.1. The third-order valence-electron chi connectivity index (χ3n) is 4.47. The topological polar surface area (TPSA) is 45.7 Å². The number of carbonyl (C=O) groups excluding carboxylic acids is 1. The van der Waals surface area contributed by atoms with E-state index in [2.05, 4.69) is 4.90 Å². The third kappa shape index (κ3) is 4.31. The summed E-state index contributed by atoms with van der Waals surface area (Å²) < 4.78 is 5.70. The molecule has 0 bridgehead atoms. The van der Waals surface area contributed by atoms with Gasteiger partial charge in [-0.05, 0) is 46.6 Å². The lowest BCUT2D eigenvalue weighted by atomic mass is 10.0. The maximum atomic E-state index is 12.5. The van der Waals surface area contributed by atoms with Gasteiger partial charge in [-0.3, -0.25) is 9.69 Å². The van der Waals surface area contributed by atoms with Crippen LogP contribution in [-0.4, -0.2) is 59.6 Å². The maximum Gasteiger partial charge on any atom is 0.236 e. The van der Waals surface area contributed by atoms with Crippen LogP contribution in [0.5, 0.6) is 0 Å². The summed E-state index contributed by atoms with van der Waals surface area (Å²) in [6.07, 6.45) is 5.10. The average molecular weight is 337 g/mol. The van der Waals surface area contributed by atoms with Crippen molar-refractivity contribution in [2.24, 2.45) is 0 Å². The zero-order valence-corrected chi connectivity index (χ0v) is 15.2. The minimum atomic E-state index is 0.124. The molecule has 3 rings (SSSR count). The molecular formula is C17H27N3O2S. The van der Waals surface area contributed by atoms with Crippen molar-refractivity contribution in [3.63, 3.8) is 0 Å². The van der Waals surface area contributed by atoms with E-state index >= 15 is 0 Å². The standard InChI is InChI=1S/C17H27N3O2S/c1-12-8-20(9-13(2)22-12)17(21)11-19(3)10-16-18-14-6-4-5-7-15(14)23-16/h12-13H,4-11H2,1-3H3/t12-,13-/m1/s1. The van der Waals surface area contributed by atoms with E-state index in [1.165, 1.54) is 29.8 Å². The van der Waals surface area contributed by atoms with Crippen molar-refractivity contribution < 1.29 is 9.53 Å². The average Bonchev–Trinajstić information content (AvgIpc) is 2.87. The second-order valence-electron chi connectivity index (χ2n) is 6.91. The zero-order valence-electron chi connectivity index (χ0n) is 14.4. The third-order valence-corrected chi connectivity index (χ3v) is 5.61. The number of likely N-dealkylation sites (N-methyl/N-ethyl adjacent to an activating group) is 1. The molecule has 6 heteroatoms. The van der Waals surface area contributed by atoms with Crippen molar-refractivity contribution >= 4 is 17.2 Å². The molecule has 1 saturated heterocycles. The van der Waals surface area contributed by atoms with Crippen LogP contribution in [0.15, 0.2) is 0 Å². The number of hydrogen-bond donors (Lipinski definition) is 0. The van der Waals surface area contributed by atoms with Crippen LogP contribution >= 0.6 is 11.3 Å². The fraction of sp³-hybridized carbons (Fsp3) is 0.765. The summed E-state index contributed by atoms with van der Waals surface area (Å²) in [5, 5.41) is 1.15. The molecule has 1 aliphatic carbocycles. The molecule has 0 N–H and O–H groups in total. The first-order valence-electron chi connectivity index (χ1n) is 8.60. The van der Waals surface area contributed by atoms with Gasteiger partial charge in [0.2, 0.25) is 5.91 Å². The smallest absolute Gasteiger partial charge is 0.236 e. The number of aromatic nitrogens is 1. The Labute approximate surface area is 142 Å². The van der Waals surface area contributed by atoms with Gasteiger partial charge in [-0.2, -0.15) is 0 Å². The van der Waals surface area contributed by atoms with Crippen molar-refractivity contribution in [2.45, 2.75) is 58.3 Å². The highest BCUT2D eigenvalue weighted by molar-refractivity contribution is 7.11. The number of thiazole rings is 1. The molecule has 23 heavy (non-hydrogen) atoms. The Morgan fingerprint density at radius 1 is 1.30 bits per heavy atom. The molecule has 0 spiro atoms. The van der Waals surface area contributed by atoms with Crippen LogP contribution in [-0.2, 0) is 28.9 Å². The molecule has 128 valence electrons. The van der Waals surface area contributed by atoms with Crippen LogP contribution in [0.3, 0.4) is 0 Å². The molecular weight excluding hydrogens is 310 g/mol. The molecule has 0 unspecified atom stereocenters. The van der Waals surface area contributed by atoms with Crippen LogP contribution in [0.25, 0.3) is 0 Å². The molecule has 5 nitrogen and oxygen atoms in total. The van der Waals surface area contributed by atoms with Gasteiger partial charge in [0, 0.05) is 18.0 Å². The van der Waals surface area contributed by atoms with E-state index in [-0.39, 0.29) is 18.1 Å². The van der Waals surface area contributed by atoms with E-state index < -0.39 is 0 Å². The Kier molecular flexibility index (Phi) is 5.34. The van der Waals surface area contributed by atoms with Gasteiger partial charge in [0.05, 0.1) is 31.0 Å². The summed E-state index contributed by atoms with van der Waals surface area (Å²) in [5.41, 5.74) is 1.30. The Balaban J connectivity index is 1.53. The molecule has 1 fully saturated rings. The normalized spacial score (nSPS) is 24.8. The molecule has 1 aromatic heterocycles. The Morgan fingerprint density at radius 2 is 2.00 bits per heavy atom. The Hall–Kier alpha value is -0.980. The van der Waals surface area contributed by atoms with Gasteiger partial charge in [0.25, 0.3) is 0 Å². The molecule has 1 aliphatic heterocycles. The number of ether oxygens (including phenoxy) is 1. The van der Waals surface area contributed by atoms with Gasteiger partial charge in [-0.15, -0.1) is 11.3 Å². The van der Waals surface area contributed by atoms with E-state index in [4.69, 9.17) is 9.72 Å². The number of carbonyl (C=O) groups is 1. The van der Waals surface area contributed by atoms with E-state index in [1.54, 1.807) is 0 Å². The minimum absolute atomic E-state index is 0.124. The Morgan fingerprint density at radius 3 is 2.70 bits per heavy atom. The van der Waals surface area contributed by atoms with Gasteiger partial charge in [0.15, 0.2) is 0 Å². The maximum absolute atomic E-state index is 12.5. The van der Waals surface area contributed by atoms with Gasteiger partial charge in [-0.25, -0.2) is 4.98 Å². The quantitative estimate of drug-likeness (QED) is 0.844. The first-order valence-corrected chi connectivity index (χ1v) is 9.42. The van der Waals surface area contributed by atoms with Crippen molar-refractivity contribution in [2.75, 3.05) is 26.7 Å². The molecule has 2 heterocycles. The lowest BCUT2D eigenvalue weighted by Crippen LogP contribution is -2.50. The van der Waals surface area contributed by atoms with Gasteiger partial charge in [0.1, 0.15) is 5.01 Å². The molecule has 1 amide bonds. The summed E-state index contributed by atoms with van der Waals surface area (Å²) >= 11 is 1.83. The zero-order chi connectivity index (χ0) is 16.4. The van der Waals surface area contributed by atoms with E-state index in [1.807, 2.05) is 37.1 Å². The first-order chi connectivity index (χ1) is 11.0. The van der Waals surface area contributed by atoms with Crippen molar-refractivity contribution in [1.29, 1.82) is 0 Å². The number of hydrogen-bond acceptors (Lipinski definition) is 5. The van der Waals surface area contributed by atoms with Crippen molar-refractivity contribution in [3.8, 4) is 0 Å². The van der Waals surface area contributed by atoms with Crippen LogP contribution in [0.4, 0.5) is 0 Å². The predicted octanol–water partition coefficient (Wildman–Crippen LogP) is 2.09. The van der Waals surface area contributed by atoms with Crippen molar-refractivity contribution in [1.82, 2.24) is 14.8 Å². The van der Waals surface area contributed by atoms with Gasteiger partial charge < -0.3 is 9.64 Å². The molecule has 0 aromatic carbocycles. The largest absolute Gasteiger partial charge is 0.372 e. The first kappa shape index (κ1) is 16.9. The van der Waals surface area contributed by atoms with Crippen LogP contribution in [0.1, 0.15) is 42.3 Å². The number of nitrogens with zero attached hydrogens (tertiary/aromatic N) is 3. The van der Waals surface area contributed by atoms with E-state index in [0.29, 0.717) is 19.6 Å². The molecule has 2 aliphatic rings. The minimum Gasteiger partial charge on any atom is -0.372 e. The summed E-state index contributed by atoms with van der Waals surface area (Å²) in [6, 6.07) is 0. The fourth-order valence-electron chi connectivity index (χ4n) is 3.47. The predicted molar refractivity (Wildman–Crippen MR) is 91.7 cm³/mol. The number of morpholine rings is 1. The highest BCUT2D eigenvalue weighted by Gasteiger charge is 2.26. The lowest BCUT2D eigenvalue weighted by Gasteiger charge is -2.36. The second kappa shape index (κ2) is 7.28. The number of aryl methyl sites for hydroxylation is 2. The Bertz CT molecular complexity index is 527. The lowest BCUT2D eigenvalue weighted by molar-refractivity contribution is -0.144. The number of fused-ring (bicyclic) bond motifs is 1. The van der Waals surface area contributed by atoms with Crippen LogP contribution < -0.4 is 0 Å². The molecule has 0 saturated carbocycles. The van der Waals surface area contributed by atoms with Crippen molar-refractivity contribution in [3.05, 3.63) is 15.6 Å². The highest BCUT2D eigenvalue weighted by Crippen LogP contribution is 2.27. The molecule has 0 radical (unpaired) electrons. The monoisotopic (exact) mass is 337 g/mol. The van der Waals surface area contributed by atoms with Gasteiger partial charge in [-0.1, -0.05) is 0 Å². The molecule has 1 aromatic rings. The summed E-state index contributed by atoms with van der Waals surface area (Å²) in [6.45, 7) is 6.66. The van der Waals surface area contributed by atoms with E-state index in [0.717, 1.165) is 18.0 Å². The second-order valence-corrected chi connectivity index (χ2v) is 8.08. The van der Waals surface area contributed by atoms with Crippen LogP contribution in [0.2, 0.25) is 0 Å². The summed E-state index contributed by atoms with van der Waals surface area (Å²) in [7, 11) is 2.01. The fourth-order valence-corrected chi connectivity index (χ4v) is 4.71. The summed E-state index contributed by atoms with van der Waals surface area (Å²) in [5.74, 6) is 0.191. The van der Waals surface area contributed by atoms with Crippen LogP contribution in [0, 0.1) is 0 Å². The number of amides is 1. The van der Waals surface area contributed by atoms with E-state index in [9.17, 15) is 4.79 Å². The number of rotatable bonds is 4. The molecule has 2 atom stereocenters. The van der Waals surface area contributed by atoms with Gasteiger partial charge >= 0.3 is 0 Å². The summed E-state index contributed by atoms with van der Waals surface area (Å²) in [4.78, 5) is 22.7.